The van der Waals surface area contributed by atoms with Gasteiger partial charge in [0.2, 0.25) is 5.91 Å². The molecule has 3 N–H and O–H groups in total. The van der Waals surface area contributed by atoms with Gasteiger partial charge in [-0.1, -0.05) is 24.6 Å². The highest BCUT2D eigenvalue weighted by molar-refractivity contribution is 7.15. The Balaban J connectivity index is 0.00000242. The van der Waals surface area contributed by atoms with Crippen LogP contribution in [0.2, 0.25) is 5.02 Å². The van der Waals surface area contributed by atoms with E-state index in [1.165, 1.54) is 16.9 Å². The molecule has 1 atom stereocenters. The lowest BCUT2D eigenvalue weighted by Gasteiger charge is -2.06. The van der Waals surface area contributed by atoms with Crippen LogP contribution in [0.1, 0.15) is 22.9 Å². The molecule has 0 aliphatic heterocycles. The summed E-state index contributed by atoms with van der Waals surface area (Å²) in [5.41, 5.74) is 7.83. The van der Waals surface area contributed by atoms with Crippen LogP contribution in [0.5, 0.6) is 0 Å². The Hall–Kier alpha value is -1.14. The molecular formula is C15H19Cl2N3OS. The largest absolute Gasteiger partial charge is 0.330 e. The van der Waals surface area contributed by atoms with E-state index in [0.29, 0.717) is 11.7 Å². The molecule has 0 aliphatic rings. The topological polar surface area (TPSA) is 68.0 Å². The highest BCUT2D eigenvalue weighted by Gasteiger charge is 2.13. The number of aromatic nitrogens is 1. The van der Waals surface area contributed by atoms with E-state index >= 15 is 0 Å². The molecule has 0 bridgehead atoms. The highest BCUT2D eigenvalue weighted by Crippen LogP contribution is 2.24. The first-order chi connectivity index (χ1) is 9.99. The van der Waals surface area contributed by atoms with E-state index in [4.69, 9.17) is 17.3 Å². The van der Waals surface area contributed by atoms with Crippen molar-refractivity contribution in [3.63, 3.8) is 0 Å². The summed E-state index contributed by atoms with van der Waals surface area (Å²) in [5.74, 6) is -0.308. The molecule has 22 heavy (non-hydrogen) atoms. The Morgan fingerprint density at radius 1 is 1.50 bits per heavy atom. The summed E-state index contributed by atoms with van der Waals surface area (Å²) in [6.45, 7) is 4.16. The number of thiazole rings is 1. The van der Waals surface area contributed by atoms with Gasteiger partial charge < -0.3 is 11.1 Å². The first-order valence-electron chi connectivity index (χ1n) is 6.70. The number of nitrogens with zero attached hydrogens (tertiary/aromatic N) is 1. The number of rotatable bonds is 5. The minimum atomic E-state index is -0.212. The molecule has 2 rings (SSSR count). The van der Waals surface area contributed by atoms with E-state index in [1.807, 2.05) is 25.1 Å². The Morgan fingerprint density at radius 2 is 2.23 bits per heavy atom. The van der Waals surface area contributed by atoms with Crippen molar-refractivity contribution in [1.29, 1.82) is 0 Å². The highest BCUT2D eigenvalue weighted by atomic mass is 35.5. The van der Waals surface area contributed by atoms with Crippen molar-refractivity contribution in [2.75, 3.05) is 11.9 Å². The maximum absolute atomic E-state index is 11.8. The first-order valence-corrected chi connectivity index (χ1v) is 7.89. The first kappa shape index (κ1) is 18.9. The van der Waals surface area contributed by atoms with Crippen molar-refractivity contribution in [2.24, 2.45) is 11.7 Å². The molecule has 4 nitrogen and oxygen atoms in total. The monoisotopic (exact) mass is 359 g/mol. The SMILES string of the molecule is Cc1cc(Cl)ccc1Cc1cnc(NC(=O)C(C)CN)s1.Cl. The molecule has 1 heterocycles. The van der Waals surface area contributed by atoms with Crippen LogP contribution in [-0.2, 0) is 11.2 Å². The lowest BCUT2D eigenvalue weighted by molar-refractivity contribution is -0.119. The molecule has 7 heteroatoms. The number of carbonyl (C=O) groups excluding carboxylic acids is 1. The van der Waals surface area contributed by atoms with Gasteiger partial charge in [0, 0.05) is 35.0 Å². The summed E-state index contributed by atoms with van der Waals surface area (Å²) in [5, 5.41) is 4.14. The summed E-state index contributed by atoms with van der Waals surface area (Å²) >= 11 is 7.44. The maximum Gasteiger partial charge on any atom is 0.230 e. The third kappa shape index (κ3) is 4.95. The average Bonchev–Trinajstić information content (AvgIpc) is 2.88. The van der Waals surface area contributed by atoms with E-state index < -0.39 is 0 Å². The van der Waals surface area contributed by atoms with Crippen LogP contribution in [0.3, 0.4) is 0 Å². The fraction of sp³-hybridized carbons (Fsp3) is 0.333. The van der Waals surface area contributed by atoms with Crippen LogP contribution < -0.4 is 11.1 Å². The molecule has 0 aliphatic carbocycles. The summed E-state index contributed by atoms with van der Waals surface area (Å²) in [4.78, 5) is 17.1. The summed E-state index contributed by atoms with van der Waals surface area (Å²) < 4.78 is 0. The van der Waals surface area contributed by atoms with E-state index in [9.17, 15) is 4.79 Å². The number of nitrogens with one attached hydrogen (secondary N) is 1. The van der Waals surface area contributed by atoms with Crippen molar-refractivity contribution < 1.29 is 4.79 Å². The number of benzene rings is 1. The third-order valence-corrected chi connectivity index (χ3v) is 4.40. The Morgan fingerprint density at radius 3 is 2.86 bits per heavy atom. The maximum atomic E-state index is 11.8. The lowest BCUT2D eigenvalue weighted by Crippen LogP contribution is -2.26. The smallest absolute Gasteiger partial charge is 0.230 e. The zero-order chi connectivity index (χ0) is 15.4. The number of anilines is 1. The predicted octanol–water partition coefficient (Wildman–Crippen LogP) is 3.65. The van der Waals surface area contributed by atoms with Gasteiger partial charge in [-0.3, -0.25) is 4.79 Å². The minimum Gasteiger partial charge on any atom is -0.330 e. The predicted molar refractivity (Wildman–Crippen MR) is 95.2 cm³/mol. The molecular weight excluding hydrogens is 341 g/mol. The standard InChI is InChI=1S/C15H18ClN3OS.ClH/c1-9-5-12(16)4-3-11(9)6-13-8-18-15(21-13)19-14(20)10(2)7-17;/h3-5,8,10H,6-7,17H2,1-2H3,(H,18,19,20);1H. The van der Waals surface area contributed by atoms with Crippen LogP contribution in [-0.4, -0.2) is 17.4 Å². The van der Waals surface area contributed by atoms with E-state index in [1.54, 1.807) is 13.1 Å². The van der Waals surface area contributed by atoms with Gasteiger partial charge in [-0.15, -0.1) is 23.7 Å². The zero-order valence-electron chi connectivity index (χ0n) is 12.4. The number of hydrogen-bond acceptors (Lipinski definition) is 4. The number of nitrogens with two attached hydrogens (primary N) is 1. The van der Waals surface area contributed by atoms with Crippen LogP contribution in [0, 0.1) is 12.8 Å². The molecule has 0 saturated heterocycles. The van der Waals surface area contributed by atoms with Gasteiger partial charge in [0.15, 0.2) is 5.13 Å². The molecule has 2 aromatic rings. The third-order valence-electron chi connectivity index (χ3n) is 3.25. The van der Waals surface area contributed by atoms with E-state index in [-0.39, 0.29) is 24.2 Å². The van der Waals surface area contributed by atoms with Gasteiger partial charge in [0.25, 0.3) is 0 Å². The molecule has 1 aromatic heterocycles. The molecule has 1 aromatic carbocycles. The number of hydrogen-bond donors (Lipinski definition) is 2. The van der Waals surface area contributed by atoms with Crippen molar-refractivity contribution in [3.8, 4) is 0 Å². The molecule has 0 spiro atoms. The van der Waals surface area contributed by atoms with Crippen molar-refractivity contribution in [3.05, 3.63) is 45.4 Å². The summed E-state index contributed by atoms with van der Waals surface area (Å²) in [6.07, 6.45) is 2.57. The Labute approximate surface area is 145 Å². The van der Waals surface area contributed by atoms with Gasteiger partial charge in [-0.25, -0.2) is 4.98 Å². The second-order valence-electron chi connectivity index (χ2n) is 5.01. The molecule has 120 valence electrons. The van der Waals surface area contributed by atoms with Gasteiger partial charge >= 0.3 is 0 Å². The van der Waals surface area contributed by atoms with E-state index in [2.05, 4.69) is 10.3 Å². The quantitative estimate of drug-likeness (QED) is 0.855. The van der Waals surface area contributed by atoms with Gasteiger partial charge in [0.05, 0.1) is 0 Å². The Bertz CT molecular complexity index is 645. The lowest BCUT2D eigenvalue weighted by atomic mass is 10.1. The van der Waals surface area contributed by atoms with Crippen LogP contribution in [0.4, 0.5) is 5.13 Å². The molecule has 0 radical (unpaired) electrons. The minimum absolute atomic E-state index is 0. The van der Waals surface area contributed by atoms with Crippen molar-refractivity contribution >= 4 is 46.4 Å². The second-order valence-corrected chi connectivity index (χ2v) is 6.56. The van der Waals surface area contributed by atoms with Crippen LogP contribution in [0.15, 0.2) is 24.4 Å². The molecule has 1 unspecified atom stereocenters. The van der Waals surface area contributed by atoms with Crippen LogP contribution in [0.25, 0.3) is 0 Å². The fourth-order valence-electron chi connectivity index (χ4n) is 1.83. The molecule has 1 amide bonds. The van der Waals surface area contributed by atoms with Crippen LogP contribution >= 0.6 is 35.3 Å². The zero-order valence-corrected chi connectivity index (χ0v) is 14.8. The Kier molecular flexibility index (Phi) is 7.29. The summed E-state index contributed by atoms with van der Waals surface area (Å²) in [7, 11) is 0. The number of amides is 1. The van der Waals surface area contributed by atoms with E-state index in [0.717, 1.165) is 21.9 Å². The van der Waals surface area contributed by atoms with Crippen molar-refractivity contribution in [2.45, 2.75) is 20.3 Å². The molecule has 0 saturated carbocycles. The number of carbonyl (C=O) groups is 1. The normalized spacial score (nSPS) is 11.6. The average molecular weight is 360 g/mol. The number of halogens is 2. The number of aryl methyl sites for hydroxylation is 1. The van der Waals surface area contributed by atoms with Gasteiger partial charge in [-0.2, -0.15) is 0 Å². The van der Waals surface area contributed by atoms with Gasteiger partial charge in [0.1, 0.15) is 0 Å². The second kappa shape index (κ2) is 8.48. The van der Waals surface area contributed by atoms with Crippen molar-refractivity contribution in [1.82, 2.24) is 4.98 Å². The summed E-state index contributed by atoms with van der Waals surface area (Å²) in [6, 6.07) is 5.85. The fourth-order valence-corrected chi connectivity index (χ4v) is 2.89. The van der Waals surface area contributed by atoms with Gasteiger partial charge in [-0.05, 0) is 30.2 Å². The molecule has 0 fully saturated rings.